The number of nitrogens with zero attached hydrogens (tertiary/aromatic N) is 1. The molecule has 0 radical (unpaired) electrons. The van der Waals surface area contributed by atoms with E-state index in [1.807, 2.05) is 12.4 Å². The van der Waals surface area contributed by atoms with Crippen molar-refractivity contribution in [2.45, 2.75) is 24.8 Å². The van der Waals surface area contributed by atoms with E-state index in [2.05, 4.69) is 10.2 Å². The molecule has 3 N–H and O–H groups in total. The van der Waals surface area contributed by atoms with E-state index < -0.39 is 0 Å². The van der Waals surface area contributed by atoms with Crippen molar-refractivity contribution in [3.63, 3.8) is 0 Å². The van der Waals surface area contributed by atoms with E-state index in [4.69, 9.17) is 5.73 Å². The third-order valence-corrected chi connectivity index (χ3v) is 3.40. The van der Waals surface area contributed by atoms with Crippen molar-refractivity contribution < 1.29 is 0 Å². The van der Waals surface area contributed by atoms with Gasteiger partial charge in [0.2, 0.25) is 0 Å². The van der Waals surface area contributed by atoms with Crippen molar-refractivity contribution >= 4 is 0 Å². The van der Waals surface area contributed by atoms with Gasteiger partial charge in [-0.2, -0.15) is 5.10 Å². The van der Waals surface area contributed by atoms with Crippen molar-refractivity contribution in [2.75, 3.05) is 0 Å². The summed E-state index contributed by atoms with van der Waals surface area (Å²) in [6, 6.07) is 0. The molecule has 0 saturated heterocycles. The van der Waals surface area contributed by atoms with Crippen LogP contribution in [-0.4, -0.2) is 10.2 Å². The van der Waals surface area contributed by atoms with Crippen LogP contribution in [0, 0.1) is 11.8 Å². The molecule has 2 unspecified atom stereocenters. The average Bonchev–Trinajstić information content (AvgIpc) is 2.59. The smallest absolute Gasteiger partial charge is 0.0537 e. The molecule has 0 aliphatic heterocycles. The second-order valence-electron chi connectivity index (χ2n) is 4.31. The molecule has 0 aromatic carbocycles. The van der Waals surface area contributed by atoms with Crippen LogP contribution in [0.5, 0.6) is 0 Å². The van der Waals surface area contributed by atoms with Gasteiger partial charge in [-0.25, -0.2) is 0 Å². The third-order valence-electron chi connectivity index (χ3n) is 3.40. The van der Waals surface area contributed by atoms with Crippen molar-refractivity contribution in [3.05, 3.63) is 18.0 Å². The molecule has 2 saturated carbocycles. The Balaban J connectivity index is 1.92. The summed E-state index contributed by atoms with van der Waals surface area (Å²) < 4.78 is 0. The van der Waals surface area contributed by atoms with Gasteiger partial charge in [0.05, 0.1) is 6.20 Å². The fourth-order valence-electron chi connectivity index (χ4n) is 2.59. The second kappa shape index (κ2) is 1.91. The van der Waals surface area contributed by atoms with Gasteiger partial charge in [0, 0.05) is 17.3 Å². The van der Waals surface area contributed by atoms with Crippen molar-refractivity contribution in [2.24, 2.45) is 17.6 Å². The maximum atomic E-state index is 6.29. The Morgan fingerprint density at radius 3 is 2.83 bits per heavy atom. The first-order valence-corrected chi connectivity index (χ1v) is 4.56. The molecule has 1 heterocycles. The molecule has 2 atom stereocenters. The summed E-state index contributed by atoms with van der Waals surface area (Å²) in [5.74, 6) is 1.84. The molecule has 0 bridgehead atoms. The van der Waals surface area contributed by atoms with E-state index >= 15 is 0 Å². The van der Waals surface area contributed by atoms with Gasteiger partial charge in [-0.3, -0.25) is 5.10 Å². The second-order valence-corrected chi connectivity index (χ2v) is 4.31. The lowest BCUT2D eigenvalue weighted by Crippen LogP contribution is -2.34. The van der Waals surface area contributed by atoms with Gasteiger partial charge >= 0.3 is 0 Å². The van der Waals surface area contributed by atoms with Crippen molar-refractivity contribution in [3.8, 4) is 0 Å². The molecule has 0 spiro atoms. The zero-order valence-electron chi connectivity index (χ0n) is 6.96. The van der Waals surface area contributed by atoms with E-state index in [0.29, 0.717) is 0 Å². The molecule has 3 heteroatoms. The van der Waals surface area contributed by atoms with Gasteiger partial charge in [-0.05, 0) is 31.1 Å². The van der Waals surface area contributed by atoms with Crippen LogP contribution in [0.4, 0.5) is 0 Å². The summed E-state index contributed by atoms with van der Waals surface area (Å²) in [6.07, 6.45) is 7.54. The zero-order chi connectivity index (χ0) is 8.18. The molecule has 12 heavy (non-hydrogen) atoms. The van der Waals surface area contributed by atoms with Gasteiger partial charge in [0.15, 0.2) is 0 Å². The lowest BCUT2D eigenvalue weighted by Gasteiger charge is -2.23. The zero-order valence-corrected chi connectivity index (χ0v) is 6.96. The topological polar surface area (TPSA) is 54.7 Å². The van der Waals surface area contributed by atoms with Gasteiger partial charge in [0.1, 0.15) is 0 Å². The van der Waals surface area contributed by atoms with Crippen LogP contribution in [-0.2, 0) is 5.54 Å². The third kappa shape index (κ3) is 0.771. The SMILES string of the molecule is NC1(c2cn[nH]c2)CC2CC2C1. The van der Waals surface area contributed by atoms with E-state index in [1.54, 1.807) is 0 Å². The quantitative estimate of drug-likeness (QED) is 0.648. The lowest BCUT2D eigenvalue weighted by molar-refractivity contribution is 0.411. The van der Waals surface area contributed by atoms with Gasteiger partial charge in [0.25, 0.3) is 0 Å². The van der Waals surface area contributed by atoms with Crippen LogP contribution < -0.4 is 5.73 Å². The molecule has 2 aliphatic carbocycles. The number of hydrogen-bond donors (Lipinski definition) is 2. The summed E-state index contributed by atoms with van der Waals surface area (Å²) in [5.41, 5.74) is 7.42. The summed E-state index contributed by atoms with van der Waals surface area (Å²) in [5, 5.41) is 6.78. The number of H-pyrrole nitrogens is 1. The van der Waals surface area contributed by atoms with Crippen molar-refractivity contribution in [1.29, 1.82) is 0 Å². The standard InChI is InChI=1S/C9H13N3/c10-9(8-4-11-12-5-8)2-6-1-7(6)3-9/h4-7H,1-3,10H2,(H,11,12). The predicted molar refractivity (Wildman–Crippen MR) is 45.3 cm³/mol. The molecule has 3 rings (SSSR count). The number of rotatable bonds is 1. The van der Waals surface area contributed by atoms with Gasteiger partial charge in [-0.1, -0.05) is 0 Å². The van der Waals surface area contributed by atoms with Gasteiger partial charge in [-0.15, -0.1) is 0 Å². The molecule has 1 aromatic heterocycles. The average molecular weight is 163 g/mol. The first-order chi connectivity index (χ1) is 5.78. The Morgan fingerprint density at radius 2 is 2.25 bits per heavy atom. The number of aromatic amines is 1. The van der Waals surface area contributed by atoms with E-state index in [9.17, 15) is 0 Å². The van der Waals surface area contributed by atoms with Gasteiger partial charge < -0.3 is 5.73 Å². The minimum atomic E-state index is -0.0550. The monoisotopic (exact) mass is 163 g/mol. The predicted octanol–water partition coefficient (Wildman–Crippen LogP) is 0.994. The maximum Gasteiger partial charge on any atom is 0.0537 e. The maximum absolute atomic E-state index is 6.29. The Hall–Kier alpha value is -0.830. The van der Waals surface area contributed by atoms with Crippen LogP contribution in [0.25, 0.3) is 0 Å². The van der Waals surface area contributed by atoms with Crippen LogP contribution in [0.15, 0.2) is 12.4 Å². The summed E-state index contributed by atoms with van der Waals surface area (Å²) in [7, 11) is 0. The Bertz CT molecular complexity index is 281. The number of nitrogens with two attached hydrogens (primary N) is 1. The largest absolute Gasteiger partial charge is 0.321 e. The highest BCUT2D eigenvalue weighted by Crippen LogP contribution is 2.58. The fourth-order valence-corrected chi connectivity index (χ4v) is 2.59. The summed E-state index contributed by atoms with van der Waals surface area (Å²) >= 11 is 0. The van der Waals surface area contributed by atoms with E-state index in [0.717, 1.165) is 24.7 Å². The van der Waals surface area contributed by atoms with Crippen molar-refractivity contribution in [1.82, 2.24) is 10.2 Å². The highest BCUT2D eigenvalue weighted by molar-refractivity contribution is 5.22. The number of hydrogen-bond acceptors (Lipinski definition) is 2. The molecule has 0 amide bonds. The first-order valence-electron chi connectivity index (χ1n) is 4.56. The summed E-state index contributed by atoms with van der Waals surface area (Å²) in [4.78, 5) is 0. The minimum absolute atomic E-state index is 0.0550. The first kappa shape index (κ1) is 6.66. The Kier molecular flexibility index (Phi) is 1.06. The van der Waals surface area contributed by atoms with E-state index in [-0.39, 0.29) is 5.54 Å². The number of aromatic nitrogens is 2. The number of fused-ring (bicyclic) bond motifs is 1. The lowest BCUT2D eigenvalue weighted by atomic mass is 9.89. The molecule has 2 fully saturated rings. The molecule has 64 valence electrons. The van der Waals surface area contributed by atoms with Crippen LogP contribution >= 0.6 is 0 Å². The normalized spacial score (nSPS) is 44.4. The molecular weight excluding hydrogens is 150 g/mol. The van der Waals surface area contributed by atoms with Crippen LogP contribution in [0.2, 0.25) is 0 Å². The highest BCUT2D eigenvalue weighted by atomic mass is 15.1. The molecular formula is C9H13N3. The van der Waals surface area contributed by atoms with Crippen LogP contribution in [0.3, 0.4) is 0 Å². The molecule has 3 nitrogen and oxygen atoms in total. The fraction of sp³-hybridized carbons (Fsp3) is 0.667. The Labute approximate surface area is 71.3 Å². The highest BCUT2D eigenvalue weighted by Gasteiger charge is 2.52. The summed E-state index contributed by atoms with van der Waals surface area (Å²) in [6.45, 7) is 0. The number of nitrogens with one attached hydrogen (secondary N) is 1. The van der Waals surface area contributed by atoms with Crippen LogP contribution in [0.1, 0.15) is 24.8 Å². The molecule has 2 aliphatic rings. The minimum Gasteiger partial charge on any atom is -0.321 e. The Morgan fingerprint density at radius 1 is 1.50 bits per heavy atom. The molecule has 1 aromatic rings. The van der Waals surface area contributed by atoms with E-state index in [1.165, 1.54) is 12.0 Å².